The van der Waals surface area contributed by atoms with Crippen molar-refractivity contribution in [3.8, 4) is 0 Å². The second-order valence-corrected chi connectivity index (χ2v) is 4.67. The smallest absolute Gasteiger partial charge is 0.359 e. The Labute approximate surface area is 120 Å². The first-order valence-corrected chi connectivity index (χ1v) is 6.29. The Morgan fingerprint density at radius 1 is 1.33 bits per heavy atom. The molecule has 0 saturated carbocycles. The van der Waals surface area contributed by atoms with Gasteiger partial charge in [-0.25, -0.2) is 9.48 Å². The molecule has 0 fully saturated rings. The number of aryl methyl sites for hydroxylation is 3. The number of ketones is 1. The number of nitrogens with zero attached hydrogens (tertiary/aromatic N) is 2. The van der Waals surface area contributed by atoms with Crippen molar-refractivity contribution in [3.05, 3.63) is 51.2 Å². The summed E-state index contributed by atoms with van der Waals surface area (Å²) in [6.45, 7) is 3.24. The van der Waals surface area contributed by atoms with Crippen LogP contribution in [0.1, 0.15) is 32.2 Å². The second-order valence-electron chi connectivity index (χ2n) is 4.67. The van der Waals surface area contributed by atoms with E-state index in [4.69, 9.17) is 4.74 Å². The molecule has 0 atom stereocenters. The fraction of sp³-hybridized carbons (Fsp3) is 0.286. The summed E-state index contributed by atoms with van der Waals surface area (Å²) >= 11 is 0. The first kappa shape index (κ1) is 14.7. The number of aromatic amines is 1. The van der Waals surface area contributed by atoms with Crippen molar-refractivity contribution < 1.29 is 14.3 Å². The third-order valence-electron chi connectivity index (χ3n) is 2.95. The molecule has 0 aliphatic heterocycles. The summed E-state index contributed by atoms with van der Waals surface area (Å²) in [6.07, 6.45) is 0. The Kier molecular flexibility index (Phi) is 4.02. The third kappa shape index (κ3) is 3.25. The van der Waals surface area contributed by atoms with Crippen LogP contribution < -0.4 is 5.56 Å². The maximum absolute atomic E-state index is 12.0. The Morgan fingerprint density at radius 3 is 2.62 bits per heavy atom. The van der Waals surface area contributed by atoms with E-state index in [0.29, 0.717) is 5.56 Å². The van der Waals surface area contributed by atoms with Crippen LogP contribution >= 0.6 is 0 Å². The first-order chi connectivity index (χ1) is 9.88. The molecular formula is C14H15N3O4. The number of carbonyl (C=O) groups is 2. The van der Waals surface area contributed by atoms with E-state index in [0.717, 1.165) is 16.1 Å². The van der Waals surface area contributed by atoms with Gasteiger partial charge in [-0.2, -0.15) is 5.10 Å². The van der Waals surface area contributed by atoms with Crippen molar-refractivity contribution in [1.82, 2.24) is 14.8 Å². The molecule has 2 aromatic rings. The second kappa shape index (κ2) is 5.74. The van der Waals surface area contributed by atoms with E-state index in [1.165, 1.54) is 19.2 Å². The molecule has 0 saturated heterocycles. The van der Waals surface area contributed by atoms with Crippen LogP contribution in [-0.2, 0) is 11.8 Å². The minimum atomic E-state index is -0.746. The van der Waals surface area contributed by atoms with Crippen LogP contribution in [-0.4, -0.2) is 33.1 Å². The highest BCUT2D eigenvalue weighted by Gasteiger charge is 2.16. The zero-order valence-corrected chi connectivity index (χ0v) is 12.0. The van der Waals surface area contributed by atoms with Crippen LogP contribution in [0.5, 0.6) is 0 Å². The van der Waals surface area contributed by atoms with Crippen LogP contribution in [0, 0.1) is 13.8 Å². The topological polar surface area (TPSA) is 94.1 Å². The lowest BCUT2D eigenvalue weighted by Crippen LogP contribution is -2.23. The highest BCUT2D eigenvalue weighted by molar-refractivity contribution is 6.00. The average Bonchev–Trinajstić information content (AvgIpc) is 2.77. The first-order valence-electron chi connectivity index (χ1n) is 6.29. The van der Waals surface area contributed by atoms with E-state index in [-0.39, 0.29) is 23.6 Å². The molecule has 2 heterocycles. The minimum Gasteiger partial charge on any atom is -0.453 e. The van der Waals surface area contributed by atoms with E-state index in [2.05, 4.69) is 10.1 Å². The molecule has 0 aliphatic rings. The molecule has 7 heteroatoms. The Hall–Kier alpha value is -2.70. The lowest BCUT2D eigenvalue weighted by molar-refractivity contribution is 0.0466. The van der Waals surface area contributed by atoms with Crippen LogP contribution in [0.15, 0.2) is 23.0 Å². The summed E-state index contributed by atoms with van der Waals surface area (Å²) in [7, 11) is 1.43. The van der Waals surface area contributed by atoms with Crippen molar-refractivity contribution in [1.29, 1.82) is 0 Å². The van der Waals surface area contributed by atoms with Gasteiger partial charge in [0.15, 0.2) is 12.3 Å². The molecule has 2 aromatic heterocycles. The van der Waals surface area contributed by atoms with Gasteiger partial charge in [0.05, 0.1) is 0 Å². The number of hydrogen-bond acceptors (Lipinski definition) is 5. The molecule has 0 aliphatic carbocycles. The molecule has 2 rings (SSSR count). The largest absolute Gasteiger partial charge is 0.453 e. The number of carbonyl (C=O) groups excluding carboxylic acids is 2. The van der Waals surface area contributed by atoms with Gasteiger partial charge in [0.2, 0.25) is 5.78 Å². The van der Waals surface area contributed by atoms with Crippen molar-refractivity contribution in [2.75, 3.05) is 6.61 Å². The van der Waals surface area contributed by atoms with Crippen LogP contribution in [0.25, 0.3) is 0 Å². The van der Waals surface area contributed by atoms with E-state index >= 15 is 0 Å². The molecule has 21 heavy (non-hydrogen) atoms. The number of nitrogens with one attached hydrogen (secondary N) is 1. The van der Waals surface area contributed by atoms with Crippen molar-refractivity contribution in [3.63, 3.8) is 0 Å². The van der Waals surface area contributed by atoms with E-state index in [1.54, 1.807) is 13.0 Å². The molecule has 0 spiro atoms. The van der Waals surface area contributed by atoms with Gasteiger partial charge in [0, 0.05) is 30.1 Å². The van der Waals surface area contributed by atoms with Gasteiger partial charge in [-0.15, -0.1) is 0 Å². The summed E-state index contributed by atoms with van der Waals surface area (Å²) in [6, 6.07) is 4.18. The molecule has 0 bridgehead atoms. The van der Waals surface area contributed by atoms with E-state index in [9.17, 15) is 14.4 Å². The van der Waals surface area contributed by atoms with Crippen molar-refractivity contribution >= 4 is 11.8 Å². The monoisotopic (exact) mass is 289 g/mol. The standard InChI is InChI=1S/C14H15N3O4/c1-8-6-10(9(2)15-8)12(18)7-21-14(20)11-4-5-13(19)17(3)16-11/h4-6,15H,7H2,1-3H3. The number of hydrogen-bond donors (Lipinski definition) is 1. The zero-order valence-electron chi connectivity index (χ0n) is 12.0. The highest BCUT2D eigenvalue weighted by Crippen LogP contribution is 2.10. The minimum absolute atomic E-state index is 0.0214. The average molecular weight is 289 g/mol. The quantitative estimate of drug-likeness (QED) is 0.662. The van der Waals surface area contributed by atoms with E-state index in [1.807, 2.05) is 6.92 Å². The third-order valence-corrected chi connectivity index (χ3v) is 2.95. The van der Waals surface area contributed by atoms with E-state index < -0.39 is 5.97 Å². The maximum Gasteiger partial charge on any atom is 0.359 e. The predicted molar refractivity (Wildman–Crippen MR) is 74.4 cm³/mol. The number of H-pyrrole nitrogens is 1. The molecule has 0 amide bonds. The Bertz CT molecular complexity index is 758. The molecular weight excluding hydrogens is 274 g/mol. The number of ether oxygens (including phenoxy) is 1. The Morgan fingerprint density at radius 2 is 2.05 bits per heavy atom. The molecule has 7 nitrogen and oxygen atoms in total. The van der Waals surface area contributed by atoms with Gasteiger partial charge in [-0.1, -0.05) is 0 Å². The fourth-order valence-electron chi connectivity index (χ4n) is 1.91. The van der Waals surface area contributed by atoms with Crippen molar-refractivity contribution in [2.45, 2.75) is 13.8 Å². The van der Waals surface area contributed by atoms with Crippen molar-refractivity contribution in [2.24, 2.45) is 7.05 Å². The number of aromatic nitrogens is 3. The fourth-order valence-corrected chi connectivity index (χ4v) is 1.91. The van der Waals surface area contributed by atoms with Gasteiger partial charge in [-0.3, -0.25) is 9.59 Å². The van der Waals surface area contributed by atoms with Gasteiger partial charge >= 0.3 is 5.97 Å². The molecule has 1 N–H and O–H groups in total. The lowest BCUT2D eigenvalue weighted by Gasteiger charge is -2.04. The summed E-state index contributed by atoms with van der Waals surface area (Å²) in [5.41, 5.74) is 1.73. The summed E-state index contributed by atoms with van der Waals surface area (Å²) in [5, 5.41) is 3.76. The van der Waals surface area contributed by atoms with Gasteiger partial charge in [-0.05, 0) is 26.0 Å². The SMILES string of the molecule is Cc1cc(C(=O)COC(=O)c2ccc(=O)n(C)n2)c(C)[nH]1. The Balaban J connectivity index is 2.04. The summed E-state index contributed by atoms with van der Waals surface area (Å²) < 4.78 is 5.95. The molecule has 0 aromatic carbocycles. The number of Topliss-reactive ketones (excluding diaryl/α,β-unsaturated/α-hetero) is 1. The zero-order chi connectivity index (χ0) is 15.6. The molecule has 110 valence electrons. The predicted octanol–water partition coefficient (Wildman–Crippen LogP) is 0.765. The van der Waals surface area contributed by atoms with Crippen LogP contribution in [0.4, 0.5) is 0 Å². The lowest BCUT2D eigenvalue weighted by atomic mass is 10.1. The normalized spacial score (nSPS) is 10.4. The van der Waals surface area contributed by atoms with Crippen LogP contribution in [0.2, 0.25) is 0 Å². The maximum atomic E-state index is 12.0. The van der Waals surface area contributed by atoms with Gasteiger partial charge < -0.3 is 9.72 Å². The molecule has 0 unspecified atom stereocenters. The van der Waals surface area contributed by atoms with Crippen LogP contribution in [0.3, 0.4) is 0 Å². The molecule has 0 radical (unpaired) electrons. The summed E-state index contributed by atoms with van der Waals surface area (Å²) in [5.74, 6) is -1.04. The van der Waals surface area contributed by atoms with Gasteiger partial charge in [0.25, 0.3) is 5.56 Å². The summed E-state index contributed by atoms with van der Waals surface area (Å²) in [4.78, 5) is 37.9. The highest BCUT2D eigenvalue weighted by atomic mass is 16.5. The number of esters is 1. The van der Waals surface area contributed by atoms with Gasteiger partial charge in [0.1, 0.15) is 0 Å². The number of rotatable bonds is 4.